The smallest absolute Gasteiger partial charge is 0.324 e. The number of aryl methyl sites for hydroxylation is 1. The summed E-state index contributed by atoms with van der Waals surface area (Å²) in [4.78, 5) is 34.6. The van der Waals surface area contributed by atoms with E-state index in [1.165, 1.54) is 31.3 Å². The minimum Gasteiger partial charge on any atom is -0.324 e. The fourth-order valence-corrected chi connectivity index (χ4v) is 6.08. The van der Waals surface area contributed by atoms with Crippen LogP contribution in [0.25, 0.3) is 11.3 Å². The van der Waals surface area contributed by atoms with Gasteiger partial charge in [0.25, 0.3) is 5.91 Å². The molecule has 2 fully saturated rings. The van der Waals surface area contributed by atoms with Gasteiger partial charge in [-0.15, -0.1) is 0 Å². The normalized spacial score (nSPS) is 17.5. The van der Waals surface area contributed by atoms with Crippen LogP contribution < -0.4 is 10.6 Å². The molecule has 4 heterocycles. The number of hydrogen-bond acceptors (Lipinski definition) is 8. The second-order valence-electron chi connectivity index (χ2n) is 11.6. The molecule has 2 saturated heterocycles. The molecule has 2 aromatic heterocycles. The third-order valence-electron chi connectivity index (χ3n) is 8.47. The summed E-state index contributed by atoms with van der Waals surface area (Å²) in [6.07, 6.45) is 6.09. The Bertz CT molecular complexity index is 1640. The lowest BCUT2D eigenvalue weighted by Gasteiger charge is -2.29. The van der Waals surface area contributed by atoms with Crippen molar-refractivity contribution in [3.05, 3.63) is 89.6 Å². The highest BCUT2D eigenvalue weighted by atomic mass is 19.4. The number of hydrogen-bond donors (Lipinski definition) is 2. The molecule has 1 unspecified atom stereocenters. The molecule has 1 atom stereocenters. The summed E-state index contributed by atoms with van der Waals surface area (Å²) in [7, 11) is 0. The van der Waals surface area contributed by atoms with Crippen LogP contribution in [-0.2, 0) is 12.7 Å². The van der Waals surface area contributed by atoms with Crippen molar-refractivity contribution in [1.29, 1.82) is 0 Å². The zero-order valence-electron chi connectivity index (χ0n) is 25.0. The third-order valence-corrected chi connectivity index (χ3v) is 8.47. The van der Waals surface area contributed by atoms with Crippen molar-refractivity contribution in [2.75, 3.05) is 36.8 Å². The number of amides is 1. The lowest BCUT2D eigenvalue weighted by molar-refractivity contribution is -0.138. The summed E-state index contributed by atoms with van der Waals surface area (Å²) < 4.78 is 42.8. The predicted molar refractivity (Wildman–Crippen MR) is 166 cm³/mol. The molecule has 2 N–H and O–H groups in total. The molecular formula is C33H35F3N8O. The zero-order chi connectivity index (χ0) is 31.4. The number of anilines is 3. The lowest BCUT2D eigenvalue weighted by Crippen LogP contribution is -2.39. The predicted octanol–water partition coefficient (Wildman–Crippen LogP) is 6.32. The number of likely N-dealkylation sites (tertiary alicyclic amines) is 2. The topological polar surface area (TPSA) is 99.2 Å². The number of benzene rings is 2. The maximum atomic E-state index is 14.3. The Labute approximate surface area is 259 Å². The summed E-state index contributed by atoms with van der Waals surface area (Å²) in [6, 6.07) is 11.1. The second-order valence-corrected chi connectivity index (χ2v) is 11.6. The van der Waals surface area contributed by atoms with Crippen LogP contribution in [-0.4, -0.2) is 67.9 Å². The van der Waals surface area contributed by atoms with Gasteiger partial charge in [-0.05, 0) is 93.7 Å². The van der Waals surface area contributed by atoms with Gasteiger partial charge in [0.15, 0.2) is 0 Å². The molecule has 6 rings (SSSR count). The van der Waals surface area contributed by atoms with Gasteiger partial charge in [0.05, 0.1) is 11.3 Å². The number of carbonyl (C=O) groups is 1. The number of halogens is 3. The molecule has 1 amide bonds. The quantitative estimate of drug-likeness (QED) is 0.226. The van der Waals surface area contributed by atoms with Gasteiger partial charge >= 0.3 is 6.18 Å². The van der Waals surface area contributed by atoms with Crippen LogP contribution in [0.3, 0.4) is 0 Å². The maximum absolute atomic E-state index is 14.3. The van der Waals surface area contributed by atoms with Gasteiger partial charge in [-0.3, -0.25) is 9.69 Å². The molecule has 9 nitrogen and oxygen atoms in total. The first-order chi connectivity index (χ1) is 21.7. The van der Waals surface area contributed by atoms with E-state index < -0.39 is 17.6 Å². The minimum atomic E-state index is -4.59. The molecule has 0 aliphatic carbocycles. The minimum absolute atomic E-state index is 0.0580. The van der Waals surface area contributed by atoms with Gasteiger partial charge in [0.2, 0.25) is 5.95 Å². The Morgan fingerprint density at radius 1 is 1.00 bits per heavy atom. The fraction of sp³-hybridized carbons (Fsp3) is 0.364. The van der Waals surface area contributed by atoms with Crippen LogP contribution in [0.4, 0.5) is 30.5 Å². The van der Waals surface area contributed by atoms with Gasteiger partial charge < -0.3 is 15.5 Å². The van der Waals surface area contributed by atoms with Crippen molar-refractivity contribution in [2.45, 2.75) is 51.4 Å². The van der Waals surface area contributed by atoms with E-state index in [2.05, 4.69) is 40.4 Å². The van der Waals surface area contributed by atoms with Gasteiger partial charge in [0.1, 0.15) is 6.33 Å². The van der Waals surface area contributed by atoms with Gasteiger partial charge in [-0.1, -0.05) is 12.1 Å². The van der Waals surface area contributed by atoms with E-state index in [4.69, 9.17) is 0 Å². The number of alkyl halides is 3. The number of nitrogens with one attached hydrogen (secondary N) is 2. The van der Waals surface area contributed by atoms with Crippen LogP contribution in [0.5, 0.6) is 0 Å². The summed E-state index contributed by atoms with van der Waals surface area (Å²) in [6.45, 7) is 5.89. The van der Waals surface area contributed by atoms with E-state index >= 15 is 0 Å². The summed E-state index contributed by atoms with van der Waals surface area (Å²) in [5.74, 6) is -0.300. The van der Waals surface area contributed by atoms with Crippen molar-refractivity contribution in [2.24, 2.45) is 0 Å². The fourth-order valence-electron chi connectivity index (χ4n) is 6.08. The molecule has 0 spiro atoms. The Hall–Kier alpha value is -4.42. The van der Waals surface area contributed by atoms with Crippen LogP contribution >= 0.6 is 0 Å². The van der Waals surface area contributed by atoms with Crippen molar-refractivity contribution in [3.63, 3.8) is 0 Å². The average Bonchev–Trinajstić information content (AvgIpc) is 3.71. The van der Waals surface area contributed by atoms with E-state index in [9.17, 15) is 18.0 Å². The number of nitrogens with zero attached hydrogens (tertiary/aromatic N) is 6. The Balaban J connectivity index is 1.16. The third kappa shape index (κ3) is 7.46. The average molecular weight is 617 g/mol. The monoisotopic (exact) mass is 616 g/mol. The van der Waals surface area contributed by atoms with Gasteiger partial charge in [-0.2, -0.15) is 13.2 Å². The molecule has 2 aliphatic heterocycles. The van der Waals surface area contributed by atoms with E-state index in [1.807, 2.05) is 6.92 Å². The summed E-state index contributed by atoms with van der Waals surface area (Å²) >= 11 is 0. The number of carbonyl (C=O) groups excluding carboxylic acids is 1. The van der Waals surface area contributed by atoms with Crippen molar-refractivity contribution >= 4 is 23.2 Å². The highest BCUT2D eigenvalue weighted by Gasteiger charge is 2.36. The van der Waals surface area contributed by atoms with Crippen LogP contribution in [0.1, 0.15) is 52.7 Å². The molecule has 0 radical (unpaired) electrons. The van der Waals surface area contributed by atoms with E-state index in [1.54, 1.807) is 42.9 Å². The molecule has 2 aromatic carbocycles. The SMILES string of the molecule is Cc1ccc(NC(=O)c2ccc(CN3CCCC3CN3CCCC3)c(C(F)(F)F)c2)cc1Nc1nccc(-c2cncnc2)n1. The van der Waals surface area contributed by atoms with E-state index in [0.717, 1.165) is 56.2 Å². The van der Waals surface area contributed by atoms with Crippen molar-refractivity contribution in [1.82, 2.24) is 29.7 Å². The Kier molecular flexibility index (Phi) is 9.04. The first-order valence-corrected chi connectivity index (χ1v) is 15.2. The van der Waals surface area contributed by atoms with E-state index in [0.29, 0.717) is 23.0 Å². The van der Waals surface area contributed by atoms with Crippen molar-refractivity contribution in [3.8, 4) is 11.3 Å². The molecule has 12 heteroatoms. The van der Waals surface area contributed by atoms with Crippen LogP contribution in [0.15, 0.2) is 67.4 Å². The molecule has 0 bridgehead atoms. The number of aromatic nitrogens is 4. The zero-order valence-corrected chi connectivity index (χ0v) is 25.0. The highest BCUT2D eigenvalue weighted by Crippen LogP contribution is 2.35. The van der Waals surface area contributed by atoms with Gasteiger partial charge in [0, 0.05) is 60.2 Å². The highest BCUT2D eigenvalue weighted by molar-refractivity contribution is 6.04. The molecular weight excluding hydrogens is 581 g/mol. The molecule has 234 valence electrons. The maximum Gasteiger partial charge on any atom is 0.416 e. The van der Waals surface area contributed by atoms with Crippen LogP contribution in [0.2, 0.25) is 0 Å². The molecule has 2 aliphatic rings. The summed E-state index contributed by atoms with van der Waals surface area (Å²) in [5.41, 5.74) is 2.64. The first kappa shape index (κ1) is 30.6. The van der Waals surface area contributed by atoms with Crippen molar-refractivity contribution < 1.29 is 18.0 Å². The standard InChI is InChI=1S/C33H35F3N8O/c1-22-6-9-26(16-30(22)42-32-39-11-10-29(41-32)25-17-37-21-38-18-25)40-31(45)23-7-8-24(28(15-23)33(34,35)36)19-44-14-4-5-27(44)20-43-12-2-3-13-43/h6-11,15-18,21,27H,2-5,12-14,19-20H2,1H3,(H,40,45)(H,39,41,42). The lowest BCUT2D eigenvalue weighted by atomic mass is 10.0. The first-order valence-electron chi connectivity index (χ1n) is 15.2. The number of rotatable bonds is 9. The second kappa shape index (κ2) is 13.3. The van der Waals surface area contributed by atoms with Crippen LogP contribution in [0, 0.1) is 6.92 Å². The molecule has 4 aromatic rings. The van der Waals surface area contributed by atoms with E-state index in [-0.39, 0.29) is 23.7 Å². The summed E-state index contributed by atoms with van der Waals surface area (Å²) in [5, 5.41) is 5.91. The van der Waals surface area contributed by atoms with Gasteiger partial charge in [-0.25, -0.2) is 19.9 Å². The Morgan fingerprint density at radius 3 is 2.58 bits per heavy atom. The molecule has 0 saturated carbocycles. The Morgan fingerprint density at radius 2 is 1.80 bits per heavy atom. The molecule has 45 heavy (non-hydrogen) atoms. The largest absolute Gasteiger partial charge is 0.416 e.